The van der Waals surface area contributed by atoms with E-state index < -0.39 is 6.10 Å². The Labute approximate surface area is 96.3 Å². The first-order valence-corrected chi connectivity index (χ1v) is 5.18. The molecular formula is C10H11BrN2O2. The number of hydrogen-bond acceptors (Lipinski definition) is 4. The van der Waals surface area contributed by atoms with Gasteiger partial charge in [0.1, 0.15) is 0 Å². The summed E-state index contributed by atoms with van der Waals surface area (Å²) >= 11 is 3.27. The van der Waals surface area contributed by atoms with Crippen LogP contribution in [0.15, 0.2) is 22.7 Å². The third-order valence-electron chi connectivity index (χ3n) is 1.78. The molecule has 1 atom stereocenters. The summed E-state index contributed by atoms with van der Waals surface area (Å²) in [6.07, 6.45) is -0.797. The standard InChI is InChI=1S/C10H11BrN2O2/c11-8-1-7(4-12)2-9(3-8)13-5-10(15)6-14/h1-3,10,13-15H,5-6H2. The van der Waals surface area contributed by atoms with Gasteiger partial charge in [-0.1, -0.05) is 15.9 Å². The molecular weight excluding hydrogens is 260 g/mol. The molecule has 1 rings (SSSR count). The van der Waals surface area contributed by atoms with E-state index in [4.69, 9.17) is 15.5 Å². The lowest BCUT2D eigenvalue weighted by molar-refractivity contribution is 0.105. The molecule has 0 aromatic heterocycles. The van der Waals surface area contributed by atoms with Crippen molar-refractivity contribution in [3.05, 3.63) is 28.2 Å². The number of nitriles is 1. The number of aliphatic hydroxyl groups is 2. The average Bonchev–Trinajstić information content (AvgIpc) is 2.25. The number of rotatable bonds is 4. The van der Waals surface area contributed by atoms with E-state index in [1.165, 1.54) is 0 Å². The molecule has 0 fully saturated rings. The van der Waals surface area contributed by atoms with Gasteiger partial charge in [-0.3, -0.25) is 0 Å². The monoisotopic (exact) mass is 270 g/mol. The highest BCUT2D eigenvalue weighted by Gasteiger charge is 2.03. The molecule has 80 valence electrons. The Morgan fingerprint density at radius 2 is 2.20 bits per heavy atom. The highest BCUT2D eigenvalue weighted by Crippen LogP contribution is 2.19. The zero-order valence-corrected chi connectivity index (χ0v) is 9.53. The van der Waals surface area contributed by atoms with Gasteiger partial charge in [-0.2, -0.15) is 5.26 Å². The van der Waals surface area contributed by atoms with Gasteiger partial charge >= 0.3 is 0 Å². The molecule has 0 spiro atoms. The Hall–Kier alpha value is -1.09. The van der Waals surface area contributed by atoms with Crippen LogP contribution in [0.2, 0.25) is 0 Å². The van der Waals surface area contributed by atoms with Crippen LogP contribution in [0.4, 0.5) is 5.69 Å². The Morgan fingerprint density at radius 3 is 2.80 bits per heavy atom. The second-order valence-electron chi connectivity index (χ2n) is 3.06. The lowest BCUT2D eigenvalue weighted by Gasteiger charge is -2.10. The van der Waals surface area contributed by atoms with E-state index in [0.717, 1.165) is 10.2 Å². The summed E-state index contributed by atoms with van der Waals surface area (Å²) < 4.78 is 0.794. The highest BCUT2D eigenvalue weighted by molar-refractivity contribution is 9.10. The van der Waals surface area contributed by atoms with E-state index in [2.05, 4.69) is 21.2 Å². The predicted octanol–water partition coefficient (Wildman–Crippen LogP) is 1.09. The van der Waals surface area contributed by atoms with Crippen molar-refractivity contribution in [1.82, 2.24) is 0 Å². The first-order valence-electron chi connectivity index (χ1n) is 4.39. The predicted molar refractivity (Wildman–Crippen MR) is 60.4 cm³/mol. The Kier molecular flexibility index (Phi) is 4.56. The highest BCUT2D eigenvalue weighted by atomic mass is 79.9. The van der Waals surface area contributed by atoms with E-state index in [9.17, 15) is 0 Å². The minimum atomic E-state index is -0.797. The number of aliphatic hydroxyl groups excluding tert-OH is 2. The number of anilines is 1. The van der Waals surface area contributed by atoms with Crippen molar-refractivity contribution in [1.29, 1.82) is 5.26 Å². The fourth-order valence-electron chi connectivity index (χ4n) is 1.06. The molecule has 0 amide bonds. The first kappa shape index (κ1) is 12.0. The van der Waals surface area contributed by atoms with Gasteiger partial charge in [0.15, 0.2) is 0 Å². The summed E-state index contributed by atoms with van der Waals surface area (Å²) in [6, 6.07) is 7.20. The van der Waals surface area contributed by atoms with Gasteiger partial charge in [0, 0.05) is 16.7 Å². The minimum absolute atomic E-state index is 0.248. The largest absolute Gasteiger partial charge is 0.394 e. The minimum Gasteiger partial charge on any atom is -0.394 e. The number of halogens is 1. The second kappa shape index (κ2) is 5.71. The lowest BCUT2D eigenvalue weighted by atomic mass is 10.2. The van der Waals surface area contributed by atoms with E-state index in [1.807, 2.05) is 6.07 Å². The molecule has 15 heavy (non-hydrogen) atoms. The molecule has 0 saturated carbocycles. The molecule has 0 radical (unpaired) electrons. The van der Waals surface area contributed by atoms with Gasteiger partial charge in [0.05, 0.1) is 24.3 Å². The normalized spacial score (nSPS) is 11.9. The van der Waals surface area contributed by atoms with Crippen LogP contribution in [0, 0.1) is 11.3 Å². The summed E-state index contributed by atoms with van der Waals surface area (Å²) in [7, 11) is 0. The summed E-state index contributed by atoms with van der Waals surface area (Å²) in [6.45, 7) is -0.0378. The summed E-state index contributed by atoms with van der Waals surface area (Å²) in [5.41, 5.74) is 1.26. The van der Waals surface area contributed by atoms with E-state index in [0.29, 0.717) is 5.56 Å². The van der Waals surface area contributed by atoms with Crippen molar-refractivity contribution in [3.8, 4) is 6.07 Å². The second-order valence-corrected chi connectivity index (χ2v) is 3.97. The molecule has 0 bridgehead atoms. The SMILES string of the molecule is N#Cc1cc(Br)cc(NCC(O)CO)c1. The Balaban J connectivity index is 2.69. The van der Waals surface area contributed by atoms with Crippen LogP contribution in [0.3, 0.4) is 0 Å². The Bertz CT molecular complexity index is 376. The summed E-state index contributed by atoms with van der Waals surface area (Å²) in [5, 5.41) is 29.4. The molecule has 0 saturated heterocycles. The third-order valence-corrected chi connectivity index (χ3v) is 2.24. The van der Waals surface area contributed by atoms with Gasteiger partial charge in [0.2, 0.25) is 0 Å². The van der Waals surface area contributed by atoms with Crippen LogP contribution in [-0.2, 0) is 0 Å². The van der Waals surface area contributed by atoms with Gasteiger partial charge in [-0.15, -0.1) is 0 Å². The van der Waals surface area contributed by atoms with E-state index in [-0.39, 0.29) is 13.2 Å². The van der Waals surface area contributed by atoms with Crippen molar-refractivity contribution in [2.45, 2.75) is 6.10 Å². The molecule has 0 aliphatic heterocycles. The number of hydrogen-bond donors (Lipinski definition) is 3. The third kappa shape index (κ3) is 3.88. The van der Waals surface area contributed by atoms with Crippen LogP contribution < -0.4 is 5.32 Å². The van der Waals surface area contributed by atoms with E-state index in [1.54, 1.807) is 18.2 Å². The maximum atomic E-state index is 9.13. The number of nitrogens with one attached hydrogen (secondary N) is 1. The molecule has 0 heterocycles. The average molecular weight is 271 g/mol. The van der Waals surface area contributed by atoms with Gasteiger partial charge < -0.3 is 15.5 Å². The summed E-state index contributed by atoms with van der Waals surface area (Å²) in [4.78, 5) is 0. The van der Waals surface area contributed by atoms with Crippen LogP contribution in [0.25, 0.3) is 0 Å². The van der Waals surface area contributed by atoms with Crippen molar-refractivity contribution >= 4 is 21.6 Å². The smallest absolute Gasteiger partial charge is 0.0992 e. The molecule has 1 aromatic carbocycles. The first-order chi connectivity index (χ1) is 7.15. The molecule has 0 aliphatic rings. The zero-order chi connectivity index (χ0) is 11.3. The molecule has 1 unspecified atom stereocenters. The van der Waals surface area contributed by atoms with Gasteiger partial charge in [-0.05, 0) is 18.2 Å². The number of benzene rings is 1. The van der Waals surface area contributed by atoms with Crippen LogP contribution in [0.1, 0.15) is 5.56 Å². The van der Waals surface area contributed by atoms with Crippen molar-refractivity contribution in [3.63, 3.8) is 0 Å². The maximum Gasteiger partial charge on any atom is 0.0992 e. The van der Waals surface area contributed by atoms with Gasteiger partial charge in [-0.25, -0.2) is 0 Å². The molecule has 4 nitrogen and oxygen atoms in total. The fourth-order valence-corrected chi connectivity index (χ4v) is 1.55. The maximum absolute atomic E-state index is 9.13. The van der Waals surface area contributed by atoms with Crippen molar-refractivity contribution in [2.24, 2.45) is 0 Å². The van der Waals surface area contributed by atoms with Crippen LogP contribution in [0.5, 0.6) is 0 Å². The van der Waals surface area contributed by atoms with Crippen molar-refractivity contribution in [2.75, 3.05) is 18.5 Å². The zero-order valence-electron chi connectivity index (χ0n) is 7.94. The Morgan fingerprint density at radius 1 is 1.47 bits per heavy atom. The van der Waals surface area contributed by atoms with Crippen LogP contribution >= 0.6 is 15.9 Å². The van der Waals surface area contributed by atoms with Crippen LogP contribution in [-0.4, -0.2) is 29.5 Å². The van der Waals surface area contributed by atoms with Gasteiger partial charge in [0.25, 0.3) is 0 Å². The molecule has 5 heteroatoms. The molecule has 0 aliphatic carbocycles. The number of nitrogens with zero attached hydrogens (tertiary/aromatic N) is 1. The van der Waals surface area contributed by atoms with Crippen molar-refractivity contribution < 1.29 is 10.2 Å². The topological polar surface area (TPSA) is 76.3 Å². The molecule has 1 aromatic rings. The lowest BCUT2D eigenvalue weighted by Crippen LogP contribution is -2.22. The molecule has 3 N–H and O–H groups in total. The van der Waals surface area contributed by atoms with E-state index >= 15 is 0 Å². The summed E-state index contributed by atoms with van der Waals surface area (Å²) in [5.74, 6) is 0. The quantitative estimate of drug-likeness (QED) is 0.766. The fraction of sp³-hybridized carbons (Fsp3) is 0.300.